The Morgan fingerprint density at radius 1 is 1.42 bits per heavy atom. The van der Waals surface area contributed by atoms with Crippen LogP contribution < -0.4 is 5.32 Å². The van der Waals surface area contributed by atoms with Crippen LogP contribution >= 0.6 is 0 Å². The van der Waals surface area contributed by atoms with Crippen molar-refractivity contribution in [1.29, 1.82) is 0 Å². The summed E-state index contributed by atoms with van der Waals surface area (Å²) < 4.78 is 5.29. The van der Waals surface area contributed by atoms with Gasteiger partial charge in [0.1, 0.15) is 6.29 Å². The van der Waals surface area contributed by atoms with Crippen molar-refractivity contribution in [3.8, 4) is 0 Å². The predicted molar refractivity (Wildman–Crippen MR) is 73.1 cm³/mol. The van der Waals surface area contributed by atoms with Gasteiger partial charge in [-0.3, -0.25) is 4.90 Å². The molecule has 1 saturated heterocycles. The molecule has 2 amide bonds. The number of nitrogens with one attached hydrogen (secondary N) is 1. The summed E-state index contributed by atoms with van der Waals surface area (Å²) in [5, 5.41) is 2.61. The Kier molecular flexibility index (Phi) is 6.80. The molecule has 1 N–H and O–H groups in total. The van der Waals surface area contributed by atoms with E-state index in [1.807, 2.05) is 13.8 Å². The van der Waals surface area contributed by atoms with Gasteiger partial charge in [0.15, 0.2) is 0 Å². The molecule has 1 aliphatic heterocycles. The summed E-state index contributed by atoms with van der Waals surface area (Å²) in [7, 11) is 1.59. The summed E-state index contributed by atoms with van der Waals surface area (Å²) in [5.74, 6) is 0.111. The van der Waals surface area contributed by atoms with Gasteiger partial charge in [-0.05, 0) is 5.92 Å². The Hall–Kier alpha value is -1.14. The monoisotopic (exact) mass is 271 g/mol. The first-order valence-electron chi connectivity index (χ1n) is 6.84. The zero-order valence-electron chi connectivity index (χ0n) is 12.1. The van der Waals surface area contributed by atoms with Crippen LogP contribution in [-0.2, 0) is 9.53 Å². The quantitative estimate of drug-likeness (QED) is 0.700. The molecule has 1 heterocycles. The van der Waals surface area contributed by atoms with E-state index in [1.54, 1.807) is 11.9 Å². The van der Waals surface area contributed by atoms with E-state index < -0.39 is 0 Å². The lowest BCUT2D eigenvalue weighted by Crippen LogP contribution is -2.51. The Morgan fingerprint density at radius 2 is 2.05 bits per heavy atom. The van der Waals surface area contributed by atoms with Crippen LogP contribution in [0.2, 0.25) is 0 Å². The first kappa shape index (κ1) is 15.9. The van der Waals surface area contributed by atoms with Crippen molar-refractivity contribution in [2.45, 2.75) is 19.9 Å². The van der Waals surface area contributed by atoms with E-state index in [4.69, 9.17) is 4.74 Å². The van der Waals surface area contributed by atoms with E-state index in [9.17, 15) is 9.59 Å². The van der Waals surface area contributed by atoms with Crippen molar-refractivity contribution < 1.29 is 14.3 Å². The third-order valence-electron chi connectivity index (χ3n) is 3.42. The first-order chi connectivity index (χ1) is 9.10. The minimum absolute atomic E-state index is 0.111. The third kappa shape index (κ3) is 4.80. The number of rotatable bonds is 6. The number of hydrogen-bond donors (Lipinski definition) is 1. The molecule has 0 bridgehead atoms. The van der Waals surface area contributed by atoms with E-state index in [0.717, 1.165) is 39.1 Å². The van der Waals surface area contributed by atoms with Gasteiger partial charge in [0.2, 0.25) is 0 Å². The van der Waals surface area contributed by atoms with Gasteiger partial charge >= 0.3 is 6.03 Å². The van der Waals surface area contributed by atoms with Crippen LogP contribution in [0.4, 0.5) is 4.79 Å². The summed E-state index contributed by atoms with van der Waals surface area (Å²) >= 11 is 0. The van der Waals surface area contributed by atoms with Crippen LogP contribution in [-0.4, -0.2) is 74.6 Å². The van der Waals surface area contributed by atoms with E-state index in [1.165, 1.54) is 0 Å². The van der Waals surface area contributed by atoms with Gasteiger partial charge < -0.3 is 19.7 Å². The highest BCUT2D eigenvalue weighted by Crippen LogP contribution is 2.09. The van der Waals surface area contributed by atoms with Crippen molar-refractivity contribution in [1.82, 2.24) is 15.1 Å². The third-order valence-corrected chi connectivity index (χ3v) is 3.42. The zero-order valence-corrected chi connectivity index (χ0v) is 12.1. The number of nitrogens with zero attached hydrogens (tertiary/aromatic N) is 2. The fraction of sp³-hybridized carbons (Fsp3) is 0.846. The van der Waals surface area contributed by atoms with Crippen molar-refractivity contribution in [2.24, 2.45) is 5.92 Å². The second-order valence-corrected chi connectivity index (χ2v) is 5.07. The zero-order chi connectivity index (χ0) is 14.3. The van der Waals surface area contributed by atoms with Gasteiger partial charge in [0.25, 0.3) is 0 Å². The normalized spacial score (nSPS) is 18.1. The van der Waals surface area contributed by atoms with Gasteiger partial charge in [-0.1, -0.05) is 13.8 Å². The number of carbonyl (C=O) groups excluding carboxylic acids is 2. The van der Waals surface area contributed by atoms with E-state index in [2.05, 4.69) is 10.2 Å². The standard InChI is InChI=1S/C13H25N3O3/c1-11(2)12(10-17)16(13(18)14-3)5-4-15-6-8-19-9-7-15/h10-12H,4-9H2,1-3H3,(H,14,18)/t12-/m1/s1. The topological polar surface area (TPSA) is 61.9 Å². The first-order valence-corrected chi connectivity index (χ1v) is 6.84. The molecular weight excluding hydrogens is 246 g/mol. The Balaban J connectivity index is 2.57. The molecule has 1 aliphatic rings. The number of carbonyl (C=O) groups is 2. The van der Waals surface area contributed by atoms with Crippen LogP contribution in [0.15, 0.2) is 0 Å². The molecule has 0 aliphatic carbocycles. The smallest absolute Gasteiger partial charge is 0.317 e. The summed E-state index contributed by atoms with van der Waals surface area (Å²) in [5.41, 5.74) is 0. The number of hydrogen-bond acceptors (Lipinski definition) is 4. The van der Waals surface area contributed by atoms with Crippen molar-refractivity contribution in [3.05, 3.63) is 0 Å². The molecule has 19 heavy (non-hydrogen) atoms. The van der Waals surface area contributed by atoms with Crippen LogP contribution in [0.5, 0.6) is 0 Å². The van der Waals surface area contributed by atoms with E-state index >= 15 is 0 Å². The highest BCUT2D eigenvalue weighted by molar-refractivity contribution is 5.78. The summed E-state index contributed by atoms with van der Waals surface area (Å²) in [4.78, 5) is 27.0. The lowest BCUT2D eigenvalue weighted by Gasteiger charge is -2.33. The SMILES string of the molecule is CNC(=O)N(CCN1CCOCC1)[C@H](C=O)C(C)C. The molecule has 1 atom stereocenters. The Bertz CT molecular complexity index is 291. The molecule has 0 unspecified atom stereocenters. The minimum atomic E-state index is -0.374. The van der Waals surface area contributed by atoms with Crippen molar-refractivity contribution >= 4 is 12.3 Å². The minimum Gasteiger partial charge on any atom is -0.379 e. The molecule has 1 rings (SSSR count). The molecule has 110 valence electrons. The fourth-order valence-electron chi connectivity index (χ4n) is 2.19. The summed E-state index contributed by atoms with van der Waals surface area (Å²) in [6, 6.07) is -0.569. The maximum absolute atomic E-state index is 11.9. The number of ether oxygens (including phenoxy) is 1. The molecule has 0 aromatic heterocycles. The lowest BCUT2D eigenvalue weighted by atomic mass is 10.0. The number of morpholine rings is 1. The number of aldehydes is 1. The van der Waals surface area contributed by atoms with Gasteiger partial charge in [-0.2, -0.15) is 0 Å². The fourth-order valence-corrected chi connectivity index (χ4v) is 2.19. The molecule has 0 spiro atoms. The molecule has 0 saturated carbocycles. The number of amides is 2. The lowest BCUT2D eigenvalue weighted by molar-refractivity contribution is -0.112. The molecule has 1 fully saturated rings. The second kappa shape index (κ2) is 8.12. The predicted octanol–water partition coefficient (Wildman–Crippen LogP) is 0.184. The van der Waals surface area contributed by atoms with Crippen LogP contribution in [0.1, 0.15) is 13.8 Å². The van der Waals surface area contributed by atoms with Crippen molar-refractivity contribution in [2.75, 3.05) is 46.4 Å². The van der Waals surface area contributed by atoms with Crippen molar-refractivity contribution in [3.63, 3.8) is 0 Å². The van der Waals surface area contributed by atoms with Gasteiger partial charge in [0, 0.05) is 33.2 Å². The van der Waals surface area contributed by atoms with Crippen LogP contribution in [0.25, 0.3) is 0 Å². The van der Waals surface area contributed by atoms with E-state index in [-0.39, 0.29) is 18.0 Å². The highest BCUT2D eigenvalue weighted by Gasteiger charge is 2.25. The Labute approximate surface area is 115 Å². The molecule has 0 aromatic carbocycles. The average molecular weight is 271 g/mol. The summed E-state index contributed by atoms with van der Waals surface area (Å²) in [6.07, 6.45) is 0.860. The molecular formula is C13H25N3O3. The van der Waals surface area contributed by atoms with Gasteiger partial charge in [-0.15, -0.1) is 0 Å². The van der Waals surface area contributed by atoms with E-state index in [0.29, 0.717) is 6.54 Å². The maximum Gasteiger partial charge on any atom is 0.317 e. The Morgan fingerprint density at radius 3 is 2.53 bits per heavy atom. The summed E-state index contributed by atoms with van der Waals surface area (Å²) in [6.45, 7) is 8.47. The highest BCUT2D eigenvalue weighted by atomic mass is 16.5. The largest absolute Gasteiger partial charge is 0.379 e. The number of urea groups is 1. The maximum atomic E-state index is 11.9. The molecule has 0 radical (unpaired) electrons. The van der Waals surface area contributed by atoms with Gasteiger partial charge in [0.05, 0.1) is 19.3 Å². The molecule has 6 nitrogen and oxygen atoms in total. The van der Waals surface area contributed by atoms with Crippen LogP contribution in [0, 0.1) is 5.92 Å². The van der Waals surface area contributed by atoms with Crippen LogP contribution in [0.3, 0.4) is 0 Å². The molecule has 0 aromatic rings. The second-order valence-electron chi connectivity index (χ2n) is 5.07. The molecule has 6 heteroatoms. The van der Waals surface area contributed by atoms with Gasteiger partial charge in [-0.25, -0.2) is 4.79 Å². The average Bonchev–Trinajstić information content (AvgIpc) is 2.43.